The molecule has 0 heterocycles. The minimum absolute atomic E-state index is 0.146. The van der Waals surface area contributed by atoms with Crippen LogP contribution in [0.5, 0.6) is 0 Å². The van der Waals surface area contributed by atoms with Crippen LogP contribution in [0, 0.1) is 17.5 Å². The molecule has 2 nitrogen and oxygen atoms in total. The highest BCUT2D eigenvalue weighted by Crippen LogP contribution is 2.24. The summed E-state index contributed by atoms with van der Waals surface area (Å²) in [6, 6.07) is 9.33. The van der Waals surface area contributed by atoms with E-state index >= 15 is 0 Å². The zero-order valence-corrected chi connectivity index (χ0v) is 11.7. The third kappa shape index (κ3) is 3.62. The van der Waals surface area contributed by atoms with Gasteiger partial charge in [0.25, 0.3) is 0 Å². The van der Waals surface area contributed by atoms with Crippen LogP contribution in [-0.4, -0.2) is 18.5 Å². The van der Waals surface area contributed by atoms with E-state index in [9.17, 15) is 13.2 Å². The molecule has 0 aromatic heterocycles. The minimum atomic E-state index is -0.647. The molecule has 0 bridgehead atoms. The molecular formula is C16H17F3N2. The lowest BCUT2D eigenvalue weighted by Gasteiger charge is -2.27. The highest BCUT2D eigenvalue weighted by molar-refractivity contribution is 5.23. The van der Waals surface area contributed by atoms with Gasteiger partial charge in [-0.25, -0.2) is 13.2 Å². The van der Waals surface area contributed by atoms with E-state index in [2.05, 4.69) is 0 Å². The van der Waals surface area contributed by atoms with Gasteiger partial charge in [-0.15, -0.1) is 0 Å². The van der Waals surface area contributed by atoms with Crippen LogP contribution in [0.4, 0.5) is 13.2 Å². The minimum Gasteiger partial charge on any atom is -0.329 e. The monoisotopic (exact) mass is 294 g/mol. The number of nitrogens with two attached hydrogens (primary N) is 1. The largest absolute Gasteiger partial charge is 0.329 e. The van der Waals surface area contributed by atoms with Gasteiger partial charge in [-0.2, -0.15) is 0 Å². The van der Waals surface area contributed by atoms with Crippen LogP contribution in [0.3, 0.4) is 0 Å². The van der Waals surface area contributed by atoms with Crippen molar-refractivity contribution in [2.45, 2.75) is 12.6 Å². The molecule has 0 aliphatic heterocycles. The molecule has 0 fully saturated rings. The Morgan fingerprint density at radius 2 is 1.76 bits per heavy atom. The van der Waals surface area contributed by atoms with Gasteiger partial charge in [-0.05, 0) is 19.2 Å². The van der Waals surface area contributed by atoms with Crippen molar-refractivity contribution in [1.29, 1.82) is 0 Å². The summed E-state index contributed by atoms with van der Waals surface area (Å²) < 4.78 is 40.5. The van der Waals surface area contributed by atoms with Gasteiger partial charge in [0.05, 0.1) is 0 Å². The molecule has 5 heteroatoms. The van der Waals surface area contributed by atoms with E-state index in [-0.39, 0.29) is 18.9 Å². The quantitative estimate of drug-likeness (QED) is 0.917. The molecule has 0 radical (unpaired) electrons. The molecule has 2 aromatic carbocycles. The van der Waals surface area contributed by atoms with Crippen LogP contribution in [-0.2, 0) is 6.54 Å². The summed E-state index contributed by atoms with van der Waals surface area (Å²) in [6.45, 7) is 0.429. The Morgan fingerprint density at radius 3 is 2.38 bits per heavy atom. The molecule has 0 saturated carbocycles. The van der Waals surface area contributed by atoms with E-state index in [1.807, 2.05) is 0 Å². The molecule has 0 spiro atoms. The molecule has 2 aromatic rings. The lowest BCUT2D eigenvalue weighted by atomic mass is 10.0. The summed E-state index contributed by atoms with van der Waals surface area (Å²) in [5.41, 5.74) is 6.51. The summed E-state index contributed by atoms with van der Waals surface area (Å²) in [6.07, 6.45) is 0. The second kappa shape index (κ2) is 6.74. The summed E-state index contributed by atoms with van der Waals surface area (Å²) in [5.74, 6) is -1.60. The normalized spacial score (nSPS) is 12.7. The fraction of sp³-hybridized carbons (Fsp3) is 0.250. The van der Waals surface area contributed by atoms with Crippen LogP contribution in [0.15, 0.2) is 42.5 Å². The lowest BCUT2D eigenvalue weighted by molar-refractivity contribution is 0.233. The molecular weight excluding hydrogens is 277 g/mol. The summed E-state index contributed by atoms with van der Waals surface area (Å²) in [7, 11) is 1.73. The van der Waals surface area contributed by atoms with Gasteiger partial charge >= 0.3 is 0 Å². The zero-order chi connectivity index (χ0) is 15.4. The maximum Gasteiger partial charge on any atom is 0.130 e. The summed E-state index contributed by atoms with van der Waals surface area (Å²) in [4.78, 5) is 1.74. The van der Waals surface area contributed by atoms with E-state index in [1.165, 1.54) is 18.2 Å². The standard InChI is InChI=1S/C16H17F3N2/c1-21(10-11-4-2-3-5-14(11)18)16(9-20)13-7-6-12(17)8-15(13)19/h2-8,16H,9-10,20H2,1H3. The highest BCUT2D eigenvalue weighted by Gasteiger charge is 2.20. The topological polar surface area (TPSA) is 29.3 Å². The molecule has 21 heavy (non-hydrogen) atoms. The first-order valence-corrected chi connectivity index (χ1v) is 6.61. The van der Waals surface area contributed by atoms with E-state index in [0.29, 0.717) is 11.1 Å². The van der Waals surface area contributed by atoms with Crippen molar-refractivity contribution >= 4 is 0 Å². The number of likely N-dealkylation sites (N-methyl/N-ethyl adjacent to an activating group) is 1. The predicted octanol–water partition coefficient (Wildman–Crippen LogP) is 3.24. The first-order valence-electron chi connectivity index (χ1n) is 6.61. The van der Waals surface area contributed by atoms with Crippen LogP contribution in [0.2, 0.25) is 0 Å². The number of benzene rings is 2. The molecule has 0 aliphatic rings. The van der Waals surface area contributed by atoms with Crippen molar-refractivity contribution in [3.05, 3.63) is 71.0 Å². The van der Waals surface area contributed by atoms with Crippen molar-refractivity contribution in [1.82, 2.24) is 4.90 Å². The van der Waals surface area contributed by atoms with E-state index in [0.717, 1.165) is 6.07 Å². The number of nitrogens with zero attached hydrogens (tertiary/aromatic N) is 1. The van der Waals surface area contributed by atoms with Crippen LogP contribution in [0.1, 0.15) is 17.2 Å². The van der Waals surface area contributed by atoms with Gasteiger partial charge in [0.15, 0.2) is 0 Å². The Labute approximate surface area is 122 Å². The second-order valence-electron chi connectivity index (χ2n) is 4.92. The summed E-state index contributed by atoms with van der Waals surface area (Å²) in [5, 5.41) is 0. The Hall–Kier alpha value is -1.85. The third-order valence-electron chi connectivity index (χ3n) is 3.45. The van der Waals surface area contributed by atoms with Gasteiger partial charge in [-0.1, -0.05) is 24.3 Å². The lowest BCUT2D eigenvalue weighted by Crippen LogP contribution is -2.31. The highest BCUT2D eigenvalue weighted by atomic mass is 19.1. The second-order valence-corrected chi connectivity index (χ2v) is 4.92. The first kappa shape index (κ1) is 15.5. The van der Waals surface area contributed by atoms with Gasteiger partial charge in [0.1, 0.15) is 17.5 Å². The number of rotatable bonds is 5. The van der Waals surface area contributed by atoms with Crippen LogP contribution in [0.25, 0.3) is 0 Å². The fourth-order valence-corrected chi connectivity index (χ4v) is 2.32. The Balaban J connectivity index is 2.22. The molecule has 0 amide bonds. The van der Waals surface area contributed by atoms with Gasteiger partial charge in [-0.3, -0.25) is 4.90 Å². The van der Waals surface area contributed by atoms with E-state index in [4.69, 9.17) is 5.73 Å². The molecule has 112 valence electrons. The molecule has 1 unspecified atom stereocenters. The van der Waals surface area contributed by atoms with Gasteiger partial charge < -0.3 is 5.73 Å². The SMILES string of the molecule is CN(Cc1ccccc1F)C(CN)c1ccc(F)cc1F. The first-order chi connectivity index (χ1) is 10.0. The fourth-order valence-electron chi connectivity index (χ4n) is 2.32. The van der Waals surface area contributed by atoms with Crippen molar-refractivity contribution < 1.29 is 13.2 Å². The molecule has 0 saturated heterocycles. The molecule has 2 N–H and O–H groups in total. The predicted molar refractivity (Wildman–Crippen MR) is 76.0 cm³/mol. The molecule has 1 atom stereocenters. The Kier molecular flexibility index (Phi) is 4.98. The number of hydrogen-bond donors (Lipinski definition) is 1. The Bertz CT molecular complexity index is 616. The van der Waals surface area contributed by atoms with Crippen LogP contribution >= 0.6 is 0 Å². The van der Waals surface area contributed by atoms with E-state index < -0.39 is 17.7 Å². The zero-order valence-electron chi connectivity index (χ0n) is 11.7. The Morgan fingerprint density at radius 1 is 1.05 bits per heavy atom. The smallest absolute Gasteiger partial charge is 0.130 e. The third-order valence-corrected chi connectivity index (χ3v) is 3.45. The number of hydrogen-bond acceptors (Lipinski definition) is 2. The van der Waals surface area contributed by atoms with Crippen molar-refractivity contribution in [3.8, 4) is 0 Å². The van der Waals surface area contributed by atoms with Crippen molar-refractivity contribution in [2.75, 3.05) is 13.6 Å². The van der Waals surface area contributed by atoms with Crippen molar-refractivity contribution in [3.63, 3.8) is 0 Å². The maximum absolute atomic E-state index is 13.9. The average molecular weight is 294 g/mol. The van der Waals surface area contributed by atoms with E-state index in [1.54, 1.807) is 30.1 Å². The molecule has 2 rings (SSSR count). The summed E-state index contributed by atoms with van der Waals surface area (Å²) >= 11 is 0. The maximum atomic E-state index is 13.9. The number of halogens is 3. The van der Waals surface area contributed by atoms with Crippen molar-refractivity contribution in [2.24, 2.45) is 5.73 Å². The average Bonchev–Trinajstić information content (AvgIpc) is 2.44. The molecule has 0 aliphatic carbocycles. The van der Waals surface area contributed by atoms with Gasteiger partial charge in [0, 0.05) is 36.3 Å². The van der Waals surface area contributed by atoms with Crippen LogP contribution < -0.4 is 5.73 Å². The van der Waals surface area contributed by atoms with Gasteiger partial charge in [0.2, 0.25) is 0 Å².